The zero-order valence-corrected chi connectivity index (χ0v) is 11.3. The van der Waals surface area contributed by atoms with E-state index in [0.29, 0.717) is 6.54 Å². The highest BCUT2D eigenvalue weighted by Gasteiger charge is 2.22. The number of carbonyl (C=O) groups is 3. The molecule has 0 bridgehead atoms. The molecule has 1 aliphatic rings. The van der Waals surface area contributed by atoms with E-state index in [1.165, 1.54) is 12.8 Å². The van der Waals surface area contributed by atoms with Crippen LogP contribution in [-0.2, 0) is 9.59 Å². The number of carboxylic acid groups (broad SMARTS) is 2. The third-order valence-electron chi connectivity index (χ3n) is 3.12. The quantitative estimate of drug-likeness (QED) is 0.455. The second-order valence-corrected chi connectivity index (χ2v) is 4.79. The van der Waals surface area contributed by atoms with Crippen molar-refractivity contribution in [3.8, 4) is 0 Å². The van der Waals surface area contributed by atoms with Crippen LogP contribution in [0.3, 0.4) is 0 Å². The molecule has 1 rings (SSSR count). The summed E-state index contributed by atoms with van der Waals surface area (Å²) in [5, 5.41) is 22.0. The molecule has 0 aromatic carbocycles. The molecule has 0 aromatic rings. The van der Waals surface area contributed by atoms with Gasteiger partial charge >= 0.3 is 18.0 Å². The van der Waals surface area contributed by atoms with Crippen LogP contribution in [0.1, 0.15) is 25.7 Å². The average molecular weight is 287 g/mol. The van der Waals surface area contributed by atoms with Crippen molar-refractivity contribution in [2.24, 2.45) is 0 Å². The normalized spacial score (nSPS) is 16.6. The highest BCUT2D eigenvalue weighted by molar-refractivity contribution is 5.86. The summed E-state index contributed by atoms with van der Waals surface area (Å²) in [7, 11) is 0. The molecule has 0 radical (unpaired) electrons. The number of carboxylic acids is 2. The molecule has 1 saturated heterocycles. The van der Waals surface area contributed by atoms with Gasteiger partial charge in [0.25, 0.3) is 0 Å². The van der Waals surface area contributed by atoms with E-state index in [0.717, 1.165) is 26.1 Å². The molecule has 2 amide bonds. The van der Waals surface area contributed by atoms with Crippen LogP contribution in [0.2, 0.25) is 0 Å². The van der Waals surface area contributed by atoms with Gasteiger partial charge in [-0.05, 0) is 38.9 Å². The van der Waals surface area contributed by atoms with Crippen molar-refractivity contribution in [2.45, 2.75) is 31.7 Å². The lowest BCUT2D eigenvalue weighted by Gasteiger charge is -2.15. The molecule has 20 heavy (non-hydrogen) atoms. The molecule has 8 heteroatoms. The van der Waals surface area contributed by atoms with Crippen LogP contribution in [-0.4, -0.2) is 65.3 Å². The summed E-state index contributed by atoms with van der Waals surface area (Å²) < 4.78 is 0. The van der Waals surface area contributed by atoms with Crippen LogP contribution in [0.5, 0.6) is 0 Å². The Morgan fingerprint density at radius 2 is 1.80 bits per heavy atom. The van der Waals surface area contributed by atoms with Gasteiger partial charge < -0.3 is 25.7 Å². The number of likely N-dealkylation sites (tertiary alicyclic amines) is 1. The van der Waals surface area contributed by atoms with Crippen molar-refractivity contribution in [3.05, 3.63) is 0 Å². The summed E-state index contributed by atoms with van der Waals surface area (Å²) in [5.41, 5.74) is 0. The number of amides is 2. The molecule has 0 aromatic heterocycles. The van der Waals surface area contributed by atoms with E-state index in [2.05, 4.69) is 15.5 Å². The molecule has 114 valence electrons. The van der Waals surface area contributed by atoms with Crippen molar-refractivity contribution in [2.75, 3.05) is 26.2 Å². The van der Waals surface area contributed by atoms with Crippen LogP contribution >= 0.6 is 0 Å². The summed E-state index contributed by atoms with van der Waals surface area (Å²) in [6.45, 7) is 3.51. The molecule has 1 fully saturated rings. The average Bonchev–Trinajstić information content (AvgIpc) is 2.86. The maximum absolute atomic E-state index is 11.4. The second-order valence-electron chi connectivity index (χ2n) is 4.79. The van der Waals surface area contributed by atoms with Gasteiger partial charge in [0, 0.05) is 6.54 Å². The van der Waals surface area contributed by atoms with Gasteiger partial charge in [-0.25, -0.2) is 9.59 Å². The Morgan fingerprint density at radius 3 is 2.35 bits per heavy atom. The molecule has 8 nitrogen and oxygen atoms in total. The zero-order valence-electron chi connectivity index (χ0n) is 11.3. The smallest absolute Gasteiger partial charge is 0.326 e. The van der Waals surface area contributed by atoms with E-state index in [1.54, 1.807) is 0 Å². The molecule has 0 spiro atoms. The number of rotatable bonds is 8. The number of carbonyl (C=O) groups excluding carboxylic acids is 1. The Morgan fingerprint density at radius 1 is 1.15 bits per heavy atom. The summed E-state index contributed by atoms with van der Waals surface area (Å²) in [4.78, 5) is 35.0. The minimum atomic E-state index is -1.41. The lowest BCUT2D eigenvalue weighted by Crippen LogP contribution is -2.47. The third-order valence-corrected chi connectivity index (χ3v) is 3.12. The van der Waals surface area contributed by atoms with Crippen molar-refractivity contribution < 1.29 is 24.6 Å². The van der Waals surface area contributed by atoms with Gasteiger partial charge in [-0.3, -0.25) is 4.79 Å². The van der Waals surface area contributed by atoms with Gasteiger partial charge in [0.15, 0.2) is 0 Å². The highest BCUT2D eigenvalue weighted by Crippen LogP contribution is 2.06. The molecular formula is C12H21N3O5. The summed E-state index contributed by atoms with van der Waals surface area (Å²) in [5.74, 6) is -2.63. The number of hydrogen-bond donors (Lipinski definition) is 4. The molecule has 1 unspecified atom stereocenters. The van der Waals surface area contributed by atoms with Crippen molar-refractivity contribution in [1.29, 1.82) is 0 Å². The van der Waals surface area contributed by atoms with Crippen LogP contribution in [0.15, 0.2) is 0 Å². The summed E-state index contributed by atoms with van der Waals surface area (Å²) in [6, 6.07) is -2.06. The number of aliphatic carboxylic acids is 2. The first-order valence-electron chi connectivity index (χ1n) is 6.70. The van der Waals surface area contributed by atoms with Crippen LogP contribution in [0.4, 0.5) is 4.79 Å². The van der Waals surface area contributed by atoms with Gasteiger partial charge in [0.1, 0.15) is 6.04 Å². The summed E-state index contributed by atoms with van der Waals surface area (Å²) in [6.07, 6.45) is 2.56. The number of urea groups is 1. The van der Waals surface area contributed by atoms with Crippen LogP contribution in [0.25, 0.3) is 0 Å². The Balaban J connectivity index is 2.17. The predicted octanol–water partition coefficient (Wildman–Crippen LogP) is -0.301. The molecule has 1 atom stereocenters. The molecular weight excluding hydrogens is 266 g/mol. The molecule has 4 N–H and O–H groups in total. The molecule has 1 heterocycles. The number of hydrogen-bond acceptors (Lipinski definition) is 4. The molecule has 0 saturated carbocycles. The number of nitrogens with one attached hydrogen (secondary N) is 2. The minimum Gasteiger partial charge on any atom is -0.481 e. The van der Waals surface area contributed by atoms with Crippen molar-refractivity contribution in [3.63, 3.8) is 0 Å². The van der Waals surface area contributed by atoms with Gasteiger partial charge in [0.05, 0.1) is 6.42 Å². The summed E-state index contributed by atoms with van der Waals surface area (Å²) >= 11 is 0. The van der Waals surface area contributed by atoms with E-state index in [9.17, 15) is 14.4 Å². The molecule has 0 aliphatic carbocycles. The fourth-order valence-electron chi connectivity index (χ4n) is 2.09. The van der Waals surface area contributed by atoms with E-state index in [4.69, 9.17) is 10.2 Å². The standard InChI is InChI=1S/C12H21N3O5/c16-10(17)8-9(11(18)19)14-12(20)13-4-3-7-15-5-1-2-6-15/h9H,1-8H2,(H,16,17)(H,18,19)(H2,13,14,20). The predicted molar refractivity (Wildman–Crippen MR) is 70.5 cm³/mol. The van der Waals surface area contributed by atoms with Gasteiger partial charge in [-0.2, -0.15) is 0 Å². The van der Waals surface area contributed by atoms with Crippen LogP contribution < -0.4 is 10.6 Å². The van der Waals surface area contributed by atoms with Crippen LogP contribution in [0, 0.1) is 0 Å². The Labute approximate surface area is 117 Å². The first kappa shape index (κ1) is 16.2. The fraction of sp³-hybridized carbons (Fsp3) is 0.750. The largest absolute Gasteiger partial charge is 0.481 e. The van der Waals surface area contributed by atoms with Crippen molar-refractivity contribution >= 4 is 18.0 Å². The Bertz CT molecular complexity index is 355. The maximum Gasteiger partial charge on any atom is 0.326 e. The lowest BCUT2D eigenvalue weighted by molar-refractivity contribution is -0.145. The van der Waals surface area contributed by atoms with E-state index in [1.807, 2.05) is 0 Å². The zero-order chi connectivity index (χ0) is 15.0. The Hall–Kier alpha value is -1.83. The van der Waals surface area contributed by atoms with Gasteiger partial charge in [-0.1, -0.05) is 0 Å². The van der Waals surface area contributed by atoms with E-state index < -0.39 is 30.4 Å². The first-order chi connectivity index (χ1) is 9.49. The van der Waals surface area contributed by atoms with E-state index in [-0.39, 0.29) is 0 Å². The second kappa shape index (κ2) is 8.36. The minimum absolute atomic E-state index is 0.432. The highest BCUT2D eigenvalue weighted by atomic mass is 16.4. The van der Waals surface area contributed by atoms with Gasteiger partial charge in [0.2, 0.25) is 0 Å². The Kier molecular flexibility index (Phi) is 6.78. The SMILES string of the molecule is O=C(O)CC(NC(=O)NCCCN1CCCC1)C(=O)O. The number of nitrogens with zero attached hydrogens (tertiary/aromatic N) is 1. The first-order valence-corrected chi connectivity index (χ1v) is 6.70. The third kappa shape index (κ3) is 6.37. The molecule has 1 aliphatic heterocycles. The van der Waals surface area contributed by atoms with Crippen molar-refractivity contribution in [1.82, 2.24) is 15.5 Å². The van der Waals surface area contributed by atoms with E-state index >= 15 is 0 Å². The van der Waals surface area contributed by atoms with Gasteiger partial charge in [-0.15, -0.1) is 0 Å². The maximum atomic E-state index is 11.4. The topological polar surface area (TPSA) is 119 Å². The lowest BCUT2D eigenvalue weighted by atomic mass is 10.2. The monoisotopic (exact) mass is 287 g/mol. The fourth-order valence-corrected chi connectivity index (χ4v) is 2.09.